The fourth-order valence-corrected chi connectivity index (χ4v) is 8.95. The van der Waals surface area contributed by atoms with Gasteiger partial charge in [-0.25, -0.2) is 9.59 Å². The summed E-state index contributed by atoms with van der Waals surface area (Å²) in [6.45, 7) is 16.1. The third-order valence-corrected chi connectivity index (χ3v) is 12.3. The van der Waals surface area contributed by atoms with Crippen LogP contribution in [-0.4, -0.2) is 75.1 Å². The van der Waals surface area contributed by atoms with Crippen LogP contribution < -0.4 is 16.2 Å². The average Bonchev–Trinajstić information content (AvgIpc) is 3.58. The summed E-state index contributed by atoms with van der Waals surface area (Å²) in [6.07, 6.45) is 4.57. The Morgan fingerprint density at radius 3 is 2.17 bits per heavy atom. The van der Waals surface area contributed by atoms with Crippen molar-refractivity contribution >= 4 is 46.3 Å². The first-order valence-electron chi connectivity index (χ1n) is 22.4. The molecule has 13 nitrogen and oxygen atoms in total. The second-order valence-electron chi connectivity index (χ2n) is 19.8. The maximum atomic E-state index is 14.0. The summed E-state index contributed by atoms with van der Waals surface area (Å²) >= 11 is 0. The highest BCUT2D eigenvalue weighted by Gasteiger charge is 2.34. The standard InChI is InChI=1S/C50H65N5O8/c1-30-23-37(43(56)26-34-21-22-55(31(2)24-34)48(61)63-50(6,7)8)17-19-40(30)35-13-9-32(10-14-35)25-38(45(58)52-39-18-20-41-42(28-39)53-54-46(41)59)27-44(57)36-15-11-33(12-16-36)29-51-47(60)62-49(3,4)5/h9-10,13-14,17-20,23,28,31,33-34,36,38H,11-12,15-16,21-22,24-27,29H2,1-8H3,(H,51,60)(H,52,58)(H2,53,54,59)/t31?,33?,34?,36?,38-/m1/s1. The van der Waals surface area contributed by atoms with Crippen LogP contribution in [0.4, 0.5) is 15.3 Å². The van der Waals surface area contributed by atoms with Crippen LogP contribution in [0, 0.1) is 30.6 Å². The SMILES string of the molecule is Cc1cc(C(=O)CC2CCN(C(=O)OC(C)(C)C)C(C)C2)ccc1-c1ccc(C[C@H](CC(=O)C2CCC(CNC(=O)OC(C)(C)C)CC2)C(=O)Nc2ccc3c(=O)[nH][nH]c3c2)cc1. The van der Waals surface area contributed by atoms with Crippen LogP contribution in [0.2, 0.25) is 0 Å². The van der Waals surface area contributed by atoms with Gasteiger partial charge in [0.1, 0.15) is 17.0 Å². The molecule has 338 valence electrons. The van der Waals surface area contributed by atoms with Gasteiger partial charge in [-0.1, -0.05) is 36.4 Å². The number of alkyl carbamates (subject to hydrolysis) is 1. The van der Waals surface area contributed by atoms with Gasteiger partial charge in [0.05, 0.1) is 10.9 Å². The third kappa shape index (κ3) is 12.9. The number of Topliss-reactive ketones (excluding diaryl/α,β-unsaturated/α-hetero) is 2. The Hall–Kier alpha value is -5.72. The smallest absolute Gasteiger partial charge is 0.410 e. The number of piperidine rings is 1. The molecule has 0 bridgehead atoms. The molecule has 2 unspecified atom stereocenters. The van der Waals surface area contributed by atoms with Gasteiger partial charge in [0.15, 0.2) is 5.78 Å². The molecule has 13 heteroatoms. The fourth-order valence-electron chi connectivity index (χ4n) is 8.95. The van der Waals surface area contributed by atoms with Crippen molar-refractivity contribution in [2.75, 3.05) is 18.4 Å². The maximum absolute atomic E-state index is 14.0. The lowest BCUT2D eigenvalue weighted by Crippen LogP contribution is -2.47. The van der Waals surface area contributed by atoms with Crippen molar-refractivity contribution < 1.29 is 33.4 Å². The number of rotatable bonds is 13. The lowest BCUT2D eigenvalue weighted by molar-refractivity contribution is -0.129. The number of hydrogen-bond acceptors (Lipinski definition) is 8. The molecule has 63 heavy (non-hydrogen) atoms. The molecule has 0 radical (unpaired) electrons. The zero-order chi connectivity index (χ0) is 45.6. The number of carbonyl (C=O) groups excluding carboxylic acids is 5. The minimum atomic E-state index is -0.643. The molecular weight excluding hydrogens is 799 g/mol. The monoisotopic (exact) mass is 863 g/mol. The number of nitrogens with one attached hydrogen (secondary N) is 4. The van der Waals surface area contributed by atoms with E-state index in [2.05, 4.69) is 20.8 Å². The zero-order valence-corrected chi connectivity index (χ0v) is 38.2. The van der Waals surface area contributed by atoms with Crippen molar-refractivity contribution in [3.8, 4) is 11.1 Å². The maximum Gasteiger partial charge on any atom is 0.410 e. The van der Waals surface area contributed by atoms with Crippen LogP contribution in [0.15, 0.2) is 65.5 Å². The highest BCUT2D eigenvalue weighted by molar-refractivity contribution is 5.98. The number of aromatic nitrogens is 2. The Morgan fingerprint density at radius 2 is 1.52 bits per heavy atom. The van der Waals surface area contributed by atoms with E-state index in [1.165, 1.54) is 0 Å². The Balaban J connectivity index is 1.08. The van der Waals surface area contributed by atoms with Gasteiger partial charge in [0, 0.05) is 55.1 Å². The van der Waals surface area contributed by atoms with Gasteiger partial charge >= 0.3 is 12.2 Å². The number of aryl methyl sites for hydroxylation is 1. The molecule has 4 aromatic rings. The van der Waals surface area contributed by atoms with Gasteiger partial charge in [-0.2, -0.15) is 0 Å². The lowest BCUT2D eigenvalue weighted by Gasteiger charge is -2.38. The molecule has 1 saturated carbocycles. The number of aromatic amines is 2. The second kappa shape index (κ2) is 19.8. The van der Waals surface area contributed by atoms with E-state index < -0.39 is 23.2 Å². The molecule has 6 rings (SSSR count). The predicted molar refractivity (Wildman–Crippen MR) is 245 cm³/mol. The number of hydrogen-bond donors (Lipinski definition) is 4. The van der Waals surface area contributed by atoms with Crippen LogP contribution >= 0.6 is 0 Å². The van der Waals surface area contributed by atoms with E-state index in [4.69, 9.17) is 9.47 Å². The van der Waals surface area contributed by atoms with Crippen molar-refractivity contribution in [3.63, 3.8) is 0 Å². The van der Waals surface area contributed by atoms with E-state index in [1.807, 2.05) is 97.9 Å². The van der Waals surface area contributed by atoms with Crippen LogP contribution in [-0.2, 0) is 25.5 Å². The van der Waals surface area contributed by atoms with Gasteiger partial charge < -0.3 is 25.0 Å². The number of benzene rings is 3. The number of ether oxygens (including phenoxy) is 2. The molecule has 3 aromatic carbocycles. The number of anilines is 1. The summed E-state index contributed by atoms with van der Waals surface area (Å²) in [7, 11) is 0. The average molecular weight is 864 g/mol. The van der Waals surface area contributed by atoms with E-state index in [-0.39, 0.29) is 59.3 Å². The van der Waals surface area contributed by atoms with Crippen LogP contribution in [0.3, 0.4) is 0 Å². The largest absolute Gasteiger partial charge is 0.444 e. The van der Waals surface area contributed by atoms with Gasteiger partial charge in [-0.05, 0) is 159 Å². The Labute approximate surface area is 370 Å². The van der Waals surface area contributed by atoms with Crippen molar-refractivity contribution in [1.82, 2.24) is 20.4 Å². The number of carbonyl (C=O) groups is 5. The lowest BCUT2D eigenvalue weighted by atomic mass is 9.77. The second-order valence-corrected chi connectivity index (χ2v) is 19.8. The molecule has 4 N–H and O–H groups in total. The Kier molecular flexibility index (Phi) is 14.7. The summed E-state index contributed by atoms with van der Waals surface area (Å²) < 4.78 is 11.0. The number of nitrogens with zero attached hydrogens (tertiary/aromatic N) is 1. The number of likely N-dealkylation sites (tertiary alicyclic amines) is 1. The van der Waals surface area contributed by atoms with Crippen molar-refractivity contribution in [3.05, 3.63) is 87.7 Å². The quantitative estimate of drug-likeness (QED) is 0.0960. The molecular formula is C50H65N5O8. The first-order chi connectivity index (χ1) is 29.7. The van der Waals surface area contributed by atoms with Crippen molar-refractivity contribution in [2.24, 2.45) is 23.7 Å². The summed E-state index contributed by atoms with van der Waals surface area (Å²) in [4.78, 5) is 80.1. The number of amides is 3. The van der Waals surface area contributed by atoms with E-state index in [9.17, 15) is 28.8 Å². The van der Waals surface area contributed by atoms with Crippen LogP contribution in [0.5, 0.6) is 0 Å². The summed E-state index contributed by atoms with van der Waals surface area (Å²) in [5.41, 5.74) is 4.23. The predicted octanol–water partition coefficient (Wildman–Crippen LogP) is 9.53. The van der Waals surface area contributed by atoms with Crippen molar-refractivity contribution in [1.29, 1.82) is 0 Å². The Morgan fingerprint density at radius 1 is 0.825 bits per heavy atom. The van der Waals surface area contributed by atoms with E-state index in [1.54, 1.807) is 23.1 Å². The number of H-pyrrole nitrogens is 2. The molecule has 2 fully saturated rings. The molecule has 0 spiro atoms. The molecule has 3 amide bonds. The molecule has 3 atom stereocenters. The van der Waals surface area contributed by atoms with Gasteiger partial charge in [0.25, 0.3) is 5.56 Å². The summed E-state index contributed by atoms with van der Waals surface area (Å²) in [5, 5.41) is 11.7. The number of fused-ring (bicyclic) bond motifs is 1. The molecule has 1 aliphatic carbocycles. The molecule has 2 aliphatic rings. The van der Waals surface area contributed by atoms with E-state index in [0.717, 1.165) is 47.9 Å². The zero-order valence-electron chi connectivity index (χ0n) is 38.2. The third-order valence-electron chi connectivity index (χ3n) is 12.3. The van der Waals surface area contributed by atoms with E-state index in [0.29, 0.717) is 60.9 Å². The highest BCUT2D eigenvalue weighted by Crippen LogP contribution is 2.33. The Bertz CT molecular complexity index is 2340. The summed E-state index contributed by atoms with van der Waals surface area (Å²) in [6, 6.07) is 18.8. The topological polar surface area (TPSA) is 180 Å². The van der Waals surface area contributed by atoms with Gasteiger partial charge in [0.2, 0.25) is 5.91 Å². The minimum Gasteiger partial charge on any atom is -0.444 e. The number of ketones is 2. The van der Waals surface area contributed by atoms with Gasteiger partial charge in [-0.15, -0.1) is 0 Å². The molecule has 2 heterocycles. The fraction of sp³-hybridized carbons (Fsp3) is 0.520. The van der Waals surface area contributed by atoms with E-state index >= 15 is 0 Å². The first kappa shape index (κ1) is 46.8. The van der Waals surface area contributed by atoms with Crippen LogP contribution in [0.1, 0.15) is 121 Å². The first-order valence-corrected chi connectivity index (χ1v) is 22.4. The molecule has 1 aromatic heterocycles. The van der Waals surface area contributed by atoms with Gasteiger partial charge in [-0.3, -0.25) is 29.4 Å². The normalized spacial score (nSPS) is 19.8. The summed E-state index contributed by atoms with van der Waals surface area (Å²) in [5.74, 6) is -0.508. The van der Waals surface area contributed by atoms with Crippen molar-refractivity contribution in [2.45, 2.75) is 130 Å². The minimum absolute atomic E-state index is 0.0102. The van der Waals surface area contributed by atoms with Crippen LogP contribution in [0.25, 0.3) is 22.0 Å². The highest BCUT2D eigenvalue weighted by atomic mass is 16.6. The molecule has 1 saturated heterocycles. The molecule has 1 aliphatic heterocycles.